The van der Waals surface area contributed by atoms with Crippen LogP contribution >= 0.6 is 31.9 Å². The lowest BCUT2D eigenvalue weighted by Gasteiger charge is -2.07. The highest BCUT2D eigenvalue weighted by Crippen LogP contribution is 2.31. The number of rotatable bonds is 2. The molecule has 0 aliphatic carbocycles. The molecule has 0 N–H and O–H groups in total. The van der Waals surface area contributed by atoms with Gasteiger partial charge in [0.05, 0.1) is 13.5 Å². The lowest BCUT2D eigenvalue weighted by atomic mass is 10.1. The van der Waals surface area contributed by atoms with E-state index < -0.39 is 17.6 Å². The van der Waals surface area contributed by atoms with Gasteiger partial charge in [-0.1, -0.05) is 0 Å². The monoisotopic (exact) mass is 342 g/mol. The van der Waals surface area contributed by atoms with Gasteiger partial charge >= 0.3 is 5.97 Å². The highest BCUT2D eigenvalue weighted by atomic mass is 79.9. The topological polar surface area (TPSA) is 26.3 Å². The molecule has 1 aromatic carbocycles. The number of carbonyl (C=O) groups is 1. The summed E-state index contributed by atoms with van der Waals surface area (Å²) in [4.78, 5) is 11.0. The minimum atomic E-state index is -1.05. The fourth-order valence-corrected chi connectivity index (χ4v) is 1.86. The van der Waals surface area contributed by atoms with Crippen LogP contribution in [-0.2, 0) is 16.0 Å². The molecule has 15 heavy (non-hydrogen) atoms. The molecule has 6 heteroatoms. The molecule has 0 heterocycles. The van der Waals surface area contributed by atoms with Crippen LogP contribution in [0.4, 0.5) is 8.78 Å². The van der Waals surface area contributed by atoms with Crippen LogP contribution in [0.3, 0.4) is 0 Å². The number of halogens is 4. The van der Waals surface area contributed by atoms with Crippen molar-refractivity contribution in [1.82, 2.24) is 0 Å². The van der Waals surface area contributed by atoms with Gasteiger partial charge in [-0.15, -0.1) is 0 Å². The summed E-state index contributed by atoms with van der Waals surface area (Å²) in [5, 5.41) is 0. The smallest absolute Gasteiger partial charge is 0.310 e. The van der Waals surface area contributed by atoms with E-state index >= 15 is 0 Å². The summed E-state index contributed by atoms with van der Waals surface area (Å²) in [6, 6.07) is 0.986. The fraction of sp³-hybridized carbons (Fsp3) is 0.222. The van der Waals surface area contributed by atoms with Gasteiger partial charge in [-0.3, -0.25) is 4.79 Å². The van der Waals surface area contributed by atoms with E-state index in [4.69, 9.17) is 0 Å². The van der Waals surface area contributed by atoms with E-state index in [0.29, 0.717) is 8.95 Å². The summed E-state index contributed by atoms with van der Waals surface area (Å²) >= 11 is 6.10. The van der Waals surface area contributed by atoms with Crippen molar-refractivity contribution in [2.45, 2.75) is 6.42 Å². The second-order valence-corrected chi connectivity index (χ2v) is 4.35. The molecule has 0 saturated heterocycles. The third-order valence-corrected chi connectivity index (χ3v) is 3.81. The Morgan fingerprint density at radius 1 is 1.47 bits per heavy atom. The van der Waals surface area contributed by atoms with Crippen LogP contribution in [-0.4, -0.2) is 13.1 Å². The molecule has 0 saturated carbocycles. The Balaban J connectivity index is 3.21. The number of hydrogen-bond acceptors (Lipinski definition) is 2. The molecule has 1 aromatic rings. The molecule has 0 aromatic heterocycles. The first kappa shape index (κ1) is 12.6. The summed E-state index contributed by atoms with van der Waals surface area (Å²) in [6.45, 7) is 0. The molecule has 0 bridgehead atoms. The first-order valence-corrected chi connectivity index (χ1v) is 5.44. The van der Waals surface area contributed by atoms with E-state index in [1.807, 2.05) is 0 Å². The Morgan fingerprint density at radius 3 is 2.60 bits per heavy atom. The Hall–Kier alpha value is -0.490. The number of ether oxygens (including phenoxy) is 1. The molecular formula is C9H6Br2F2O2. The van der Waals surface area contributed by atoms with Crippen molar-refractivity contribution >= 4 is 37.8 Å². The Bertz CT molecular complexity index is 381. The molecule has 0 atom stereocenters. The molecule has 0 radical (unpaired) electrons. The highest BCUT2D eigenvalue weighted by molar-refractivity contribution is 9.13. The Kier molecular flexibility index (Phi) is 4.21. The lowest BCUT2D eigenvalue weighted by Crippen LogP contribution is -2.08. The van der Waals surface area contributed by atoms with Gasteiger partial charge in [0.1, 0.15) is 0 Å². The van der Waals surface area contributed by atoms with Crippen LogP contribution in [0.1, 0.15) is 5.56 Å². The normalized spacial score (nSPS) is 10.2. The highest BCUT2D eigenvalue weighted by Gasteiger charge is 2.18. The molecule has 82 valence electrons. The van der Waals surface area contributed by atoms with Crippen LogP contribution in [0.25, 0.3) is 0 Å². The van der Waals surface area contributed by atoms with Crippen molar-refractivity contribution < 1.29 is 18.3 Å². The second-order valence-electron chi connectivity index (χ2n) is 2.70. The number of benzene rings is 1. The average molecular weight is 344 g/mol. The van der Waals surface area contributed by atoms with Gasteiger partial charge in [0, 0.05) is 14.5 Å². The van der Waals surface area contributed by atoms with E-state index in [2.05, 4.69) is 36.6 Å². The van der Waals surface area contributed by atoms with E-state index in [-0.39, 0.29) is 12.0 Å². The van der Waals surface area contributed by atoms with Crippen molar-refractivity contribution in [2.75, 3.05) is 7.11 Å². The number of esters is 1. The van der Waals surface area contributed by atoms with Gasteiger partial charge < -0.3 is 4.74 Å². The SMILES string of the molecule is COC(=O)Cc1c(F)c(F)cc(Br)c1Br. The standard InChI is InChI=1S/C9H6Br2F2O2/c1-15-7(14)2-4-8(11)5(10)3-6(12)9(4)13/h3H,2H2,1H3. The lowest BCUT2D eigenvalue weighted by molar-refractivity contribution is -0.139. The summed E-state index contributed by atoms with van der Waals surface area (Å²) < 4.78 is 31.3. The molecule has 0 aliphatic rings. The van der Waals surface area contributed by atoms with Gasteiger partial charge in [-0.25, -0.2) is 8.78 Å². The maximum atomic E-state index is 13.3. The summed E-state index contributed by atoms with van der Waals surface area (Å²) in [5.41, 5.74) is -0.0614. The van der Waals surface area contributed by atoms with Crippen LogP contribution in [0, 0.1) is 11.6 Å². The van der Waals surface area contributed by atoms with Crippen molar-refractivity contribution in [3.63, 3.8) is 0 Å². The first-order chi connectivity index (χ1) is 6.97. The first-order valence-electron chi connectivity index (χ1n) is 3.86. The van der Waals surface area contributed by atoms with E-state index in [1.165, 1.54) is 7.11 Å². The molecule has 0 amide bonds. The van der Waals surface area contributed by atoms with Crippen LogP contribution in [0.2, 0.25) is 0 Å². The Morgan fingerprint density at radius 2 is 2.07 bits per heavy atom. The van der Waals surface area contributed by atoms with Gasteiger partial charge in [-0.2, -0.15) is 0 Å². The Labute approximate surface area is 102 Å². The van der Waals surface area contributed by atoms with E-state index in [1.54, 1.807) is 0 Å². The van der Waals surface area contributed by atoms with Crippen molar-refractivity contribution in [1.29, 1.82) is 0 Å². The minimum Gasteiger partial charge on any atom is -0.469 e. The maximum absolute atomic E-state index is 13.3. The average Bonchev–Trinajstić information content (AvgIpc) is 2.21. The molecule has 0 aliphatic heterocycles. The summed E-state index contributed by atoms with van der Waals surface area (Å²) in [5.74, 6) is -2.69. The van der Waals surface area contributed by atoms with Crippen LogP contribution < -0.4 is 0 Å². The number of carbonyl (C=O) groups excluding carboxylic acids is 1. The zero-order valence-corrected chi connectivity index (χ0v) is 10.8. The quantitative estimate of drug-likeness (QED) is 0.609. The molecule has 0 unspecified atom stereocenters. The van der Waals surface area contributed by atoms with Gasteiger partial charge in [0.25, 0.3) is 0 Å². The summed E-state index contributed by atoms with van der Waals surface area (Å²) in [6.07, 6.45) is -0.320. The van der Waals surface area contributed by atoms with Gasteiger partial charge in [0.15, 0.2) is 11.6 Å². The molecule has 1 rings (SSSR count). The number of methoxy groups -OCH3 is 1. The van der Waals surface area contributed by atoms with E-state index in [0.717, 1.165) is 6.07 Å². The van der Waals surface area contributed by atoms with Crippen LogP contribution in [0.5, 0.6) is 0 Å². The van der Waals surface area contributed by atoms with Crippen molar-refractivity contribution in [2.24, 2.45) is 0 Å². The molecule has 0 spiro atoms. The van der Waals surface area contributed by atoms with Crippen molar-refractivity contribution in [3.8, 4) is 0 Å². The largest absolute Gasteiger partial charge is 0.469 e. The molecule has 0 fully saturated rings. The summed E-state index contributed by atoms with van der Waals surface area (Å²) in [7, 11) is 1.18. The van der Waals surface area contributed by atoms with Gasteiger partial charge in [0.2, 0.25) is 0 Å². The minimum absolute atomic E-state index is 0.0614. The van der Waals surface area contributed by atoms with Crippen molar-refractivity contribution in [3.05, 3.63) is 32.2 Å². The zero-order chi connectivity index (χ0) is 11.6. The van der Waals surface area contributed by atoms with Gasteiger partial charge in [-0.05, 0) is 37.9 Å². The zero-order valence-electron chi connectivity index (χ0n) is 7.61. The fourth-order valence-electron chi connectivity index (χ4n) is 0.994. The molecule has 2 nitrogen and oxygen atoms in total. The second kappa shape index (κ2) is 5.03. The number of hydrogen-bond donors (Lipinski definition) is 0. The van der Waals surface area contributed by atoms with Crippen LogP contribution in [0.15, 0.2) is 15.0 Å². The maximum Gasteiger partial charge on any atom is 0.310 e. The third kappa shape index (κ3) is 2.75. The van der Waals surface area contributed by atoms with E-state index in [9.17, 15) is 13.6 Å². The predicted molar refractivity (Wildman–Crippen MR) is 57.5 cm³/mol. The molecular weight excluding hydrogens is 338 g/mol. The third-order valence-electron chi connectivity index (χ3n) is 1.75. The predicted octanol–water partition coefficient (Wildman–Crippen LogP) is 3.21.